The lowest BCUT2D eigenvalue weighted by atomic mass is 9.70. The Bertz CT molecular complexity index is 3830. The summed E-state index contributed by atoms with van der Waals surface area (Å²) >= 11 is 0. The number of hydrogen-bond acceptors (Lipinski definition) is 1. The van der Waals surface area contributed by atoms with Crippen LogP contribution in [0.5, 0.6) is 0 Å². The highest BCUT2D eigenvalue weighted by Crippen LogP contribution is 2.64. The molecule has 0 amide bonds. The van der Waals surface area contributed by atoms with Gasteiger partial charge >= 0.3 is 0 Å². The summed E-state index contributed by atoms with van der Waals surface area (Å²) < 4.78 is 0. The van der Waals surface area contributed by atoms with Gasteiger partial charge in [-0.15, -0.1) is 0 Å². The van der Waals surface area contributed by atoms with Crippen molar-refractivity contribution in [1.82, 2.24) is 0 Å². The Morgan fingerprint density at radius 3 is 1.30 bits per heavy atom. The van der Waals surface area contributed by atoms with Gasteiger partial charge in [-0.2, -0.15) is 0 Å². The van der Waals surface area contributed by atoms with Crippen molar-refractivity contribution < 1.29 is 0 Å². The number of anilines is 3. The predicted octanol–water partition coefficient (Wildman–Crippen LogP) is 16.9. The Hall–Kier alpha value is -8.26. The van der Waals surface area contributed by atoms with Gasteiger partial charge in [0, 0.05) is 16.9 Å². The van der Waals surface area contributed by atoms with Crippen LogP contribution in [0.2, 0.25) is 0 Å². The first-order chi connectivity index (χ1) is 31.8. The quantitative estimate of drug-likeness (QED) is 0.160. The molecule has 1 nitrogen and oxygen atoms in total. The number of fused-ring (bicyclic) bond motifs is 19. The van der Waals surface area contributed by atoms with Crippen molar-refractivity contribution in [1.29, 1.82) is 0 Å². The standard InChI is InChI=1S/C63H39N/c1-2-19-41(20-3-1)64(42-34-35-50-47-25-8-7-23-45(47)46-24-9-11-27-49(46)55(50)37-42)62-39-61-56(38-57(62)54-36-40-18-4-5-21-43(40)44-22-6-10-26-48(44)54)53-30-14-17-33-60(53)63(61)58-31-15-12-28-51(58)52-29-13-16-32-59(52)63/h1-39H. The minimum absolute atomic E-state index is 0.501. The van der Waals surface area contributed by atoms with Gasteiger partial charge in [-0.1, -0.05) is 194 Å². The molecule has 64 heavy (non-hydrogen) atoms. The summed E-state index contributed by atoms with van der Waals surface area (Å²) in [5, 5.41) is 12.6. The van der Waals surface area contributed by atoms with Gasteiger partial charge in [0.15, 0.2) is 0 Å². The Morgan fingerprint density at radius 1 is 0.234 bits per heavy atom. The molecule has 0 saturated carbocycles. The minimum Gasteiger partial charge on any atom is -0.310 e. The Balaban J connectivity index is 1.15. The Labute approximate surface area is 371 Å². The molecule has 0 heterocycles. The lowest BCUT2D eigenvalue weighted by Crippen LogP contribution is -2.26. The fraction of sp³-hybridized carbons (Fsp3) is 0.0159. The SMILES string of the molecule is c1ccc(N(c2ccc3c4ccccc4c4ccccc4c3c2)c2cc3c(cc2-c2cc4ccccc4c4ccccc24)-c2ccccc2C32c3ccccc3-c3ccccc32)cc1. The van der Waals surface area contributed by atoms with Gasteiger partial charge in [0.1, 0.15) is 0 Å². The molecule has 0 saturated heterocycles. The van der Waals surface area contributed by atoms with E-state index >= 15 is 0 Å². The molecule has 12 aromatic rings. The van der Waals surface area contributed by atoms with Crippen molar-refractivity contribution in [3.63, 3.8) is 0 Å². The zero-order valence-corrected chi connectivity index (χ0v) is 35.0. The van der Waals surface area contributed by atoms with Crippen molar-refractivity contribution in [2.45, 2.75) is 5.41 Å². The molecule has 0 N–H and O–H groups in total. The molecule has 0 radical (unpaired) electrons. The van der Waals surface area contributed by atoms with Gasteiger partial charge in [-0.3, -0.25) is 0 Å². The van der Waals surface area contributed by atoms with Crippen molar-refractivity contribution in [2.75, 3.05) is 4.90 Å². The molecule has 0 atom stereocenters. The van der Waals surface area contributed by atoms with E-state index in [1.54, 1.807) is 0 Å². The summed E-state index contributed by atoms with van der Waals surface area (Å²) in [4.78, 5) is 2.53. The van der Waals surface area contributed by atoms with Gasteiger partial charge < -0.3 is 4.90 Å². The molecular weight excluding hydrogens is 771 g/mol. The molecule has 14 rings (SSSR count). The smallest absolute Gasteiger partial charge is 0.0726 e. The summed E-state index contributed by atoms with van der Waals surface area (Å²) in [7, 11) is 0. The van der Waals surface area contributed by atoms with E-state index in [0.29, 0.717) is 0 Å². The van der Waals surface area contributed by atoms with Crippen LogP contribution in [0.15, 0.2) is 237 Å². The second kappa shape index (κ2) is 13.4. The van der Waals surface area contributed by atoms with Crippen molar-refractivity contribution in [3.8, 4) is 33.4 Å². The molecule has 0 fully saturated rings. The van der Waals surface area contributed by atoms with Crippen LogP contribution >= 0.6 is 0 Å². The topological polar surface area (TPSA) is 3.24 Å². The molecule has 2 aliphatic rings. The largest absolute Gasteiger partial charge is 0.310 e. The Morgan fingerprint density at radius 2 is 0.688 bits per heavy atom. The van der Waals surface area contributed by atoms with E-state index in [-0.39, 0.29) is 0 Å². The van der Waals surface area contributed by atoms with Gasteiger partial charge in [0.05, 0.1) is 11.1 Å². The fourth-order valence-electron chi connectivity index (χ4n) is 11.8. The van der Waals surface area contributed by atoms with Gasteiger partial charge in [-0.25, -0.2) is 0 Å². The molecule has 0 aliphatic heterocycles. The highest BCUT2D eigenvalue weighted by molar-refractivity contribution is 6.26. The van der Waals surface area contributed by atoms with Crippen LogP contribution in [0.1, 0.15) is 22.3 Å². The van der Waals surface area contributed by atoms with E-state index in [1.807, 2.05) is 0 Å². The monoisotopic (exact) mass is 809 g/mol. The minimum atomic E-state index is -0.501. The fourth-order valence-corrected chi connectivity index (χ4v) is 11.8. The molecule has 2 aliphatic carbocycles. The number of hydrogen-bond donors (Lipinski definition) is 0. The maximum atomic E-state index is 2.57. The third-order valence-electron chi connectivity index (χ3n) is 14.4. The molecule has 0 unspecified atom stereocenters. The zero-order valence-electron chi connectivity index (χ0n) is 35.0. The summed E-state index contributed by atoms with van der Waals surface area (Å²) in [6.45, 7) is 0. The van der Waals surface area contributed by atoms with E-state index in [1.165, 1.54) is 109 Å². The van der Waals surface area contributed by atoms with Gasteiger partial charge in [0.2, 0.25) is 0 Å². The number of rotatable bonds is 4. The molecule has 296 valence electrons. The second-order valence-electron chi connectivity index (χ2n) is 17.5. The first-order valence-electron chi connectivity index (χ1n) is 22.3. The summed E-state index contributed by atoms with van der Waals surface area (Å²) in [5.41, 5.74) is 15.8. The highest BCUT2D eigenvalue weighted by Gasteiger charge is 2.52. The first kappa shape index (κ1) is 35.3. The summed E-state index contributed by atoms with van der Waals surface area (Å²) in [6, 6.07) is 88.7. The third-order valence-corrected chi connectivity index (χ3v) is 14.4. The van der Waals surface area contributed by atoms with Gasteiger partial charge in [0.25, 0.3) is 0 Å². The van der Waals surface area contributed by atoms with E-state index < -0.39 is 5.41 Å². The van der Waals surface area contributed by atoms with Crippen LogP contribution in [0.4, 0.5) is 17.1 Å². The van der Waals surface area contributed by atoms with Gasteiger partial charge in [-0.05, 0) is 146 Å². The van der Waals surface area contributed by atoms with Crippen LogP contribution in [-0.2, 0) is 5.41 Å². The number of nitrogens with zero attached hydrogens (tertiary/aromatic N) is 1. The van der Waals surface area contributed by atoms with E-state index in [2.05, 4.69) is 241 Å². The van der Waals surface area contributed by atoms with E-state index in [0.717, 1.165) is 17.1 Å². The van der Waals surface area contributed by atoms with Crippen LogP contribution < -0.4 is 4.90 Å². The molecule has 0 aromatic heterocycles. The third kappa shape index (κ3) is 4.73. The molecular formula is C63H39N. The lowest BCUT2D eigenvalue weighted by molar-refractivity contribution is 0.794. The van der Waals surface area contributed by atoms with Crippen LogP contribution in [0.25, 0.3) is 87.2 Å². The molecule has 0 bridgehead atoms. The van der Waals surface area contributed by atoms with Crippen molar-refractivity contribution in [2.24, 2.45) is 0 Å². The van der Waals surface area contributed by atoms with E-state index in [4.69, 9.17) is 0 Å². The molecule has 1 heteroatoms. The van der Waals surface area contributed by atoms with Crippen molar-refractivity contribution >= 4 is 70.9 Å². The predicted molar refractivity (Wildman–Crippen MR) is 270 cm³/mol. The number of para-hydroxylation sites is 1. The van der Waals surface area contributed by atoms with Crippen LogP contribution in [-0.4, -0.2) is 0 Å². The Kier molecular flexibility index (Phi) is 7.38. The van der Waals surface area contributed by atoms with Crippen LogP contribution in [0.3, 0.4) is 0 Å². The van der Waals surface area contributed by atoms with Crippen molar-refractivity contribution in [3.05, 3.63) is 259 Å². The molecule has 12 aromatic carbocycles. The average molecular weight is 810 g/mol. The summed E-state index contributed by atoms with van der Waals surface area (Å²) in [5.74, 6) is 0. The lowest BCUT2D eigenvalue weighted by Gasteiger charge is -2.33. The number of benzene rings is 12. The maximum Gasteiger partial charge on any atom is 0.0726 e. The highest BCUT2D eigenvalue weighted by atomic mass is 15.1. The zero-order chi connectivity index (χ0) is 41.9. The normalized spacial score (nSPS) is 13.1. The first-order valence-corrected chi connectivity index (χ1v) is 22.3. The average Bonchev–Trinajstić information content (AvgIpc) is 3.83. The summed E-state index contributed by atoms with van der Waals surface area (Å²) in [6.07, 6.45) is 0. The maximum absolute atomic E-state index is 2.57. The van der Waals surface area contributed by atoms with E-state index in [9.17, 15) is 0 Å². The molecule has 1 spiro atoms. The van der Waals surface area contributed by atoms with Crippen LogP contribution in [0, 0.1) is 0 Å². The second-order valence-corrected chi connectivity index (χ2v) is 17.5.